The molecule has 4 N–H and O–H groups in total. The number of hydrogen-bond acceptors (Lipinski definition) is 5. The summed E-state index contributed by atoms with van der Waals surface area (Å²) in [6.07, 6.45) is 9.96. The summed E-state index contributed by atoms with van der Waals surface area (Å²) in [7, 11) is 0. The van der Waals surface area contributed by atoms with Crippen LogP contribution in [0.3, 0.4) is 0 Å². The molecule has 0 bridgehead atoms. The molecule has 6 nitrogen and oxygen atoms in total. The highest BCUT2D eigenvalue weighted by Crippen LogP contribution is 2.23. The standard InChI is InChI=1S/C12H18N4O2.C10H12/c1-7-14-6-10(11(13)18)12(15-7)16-8-3-2-4-9(17)5-8;1-2-6-10-8-4-3-7-9(10)5-1/h6,8-9,17H,2-5H2,1H3,(H2,13,18)(H,14,15,16);1-2,5-6H,3-4,7-8H2/t8?,9-;/m0./s1. The third kappa shape index (κ3) is 5.52. The molecule has 1 aromatic carbocycles. The Morgan fingerprint density at radius 3 is 2.43 bits per heavy atom. The summed E-state index contributed by atoms with van der Waals surface area (Å²) in [5.41, 5.74) is 8.74. The van der Waals surface area contributed by atoms with Crippen LogP contribution in [0.15, 0.2) is 30.5 Å². The van der Waals surface area contributed by atoms with E-state index >= 15 is 0 Å². The molecule has 2 aliphatic rings. The Morgan fingerprint density at radius 1 is 1.14 bits per heavy atom. The van der Waals surface area contributed by atoms with Crippen LogP contribution in [0.5, 0.6) is 0 Å². The first kappa shape index (κ1) is 20.3. The first-order chi connectivity index (χ1) is 13.5. The lowest BCUT2D eigenvalue weighted by atomic mass is 9.92. The fourth-order valence-electron chi connectivity index (χ4n) is 3.92. The average Bonchev–Trinajstić information content (AvgIpc) is 2.68. The van der Waals surface area contributed by atoms with Crippen molar-refractivity contribution in [1.29, 1.82) is 0 Å². The Morgan fingerprint density at radius 2 is 1.82 bits per heavy atom. The molecule has 0 aliphatic heterocycles. The summed E-state index contributed by atoms with van der Waals surface area (Å²) in [5.74, 6) is 0.502. The maximum Gasteiger partial charge on any atom is 0.254 e. The molecule has 6 heteroatoms. The zero-order valence-corrected chi connectivity index (χ0v) is 16.5. The fraction of sp³-hybridized carbons (Fsp3) is 0.500. The van der Waals surface area contributed by atoms with E-state index in [9.17, 15) is 9.90 Å². The van der Waals surface area contributed by atoms with E-state index in [0.29, 0.717) is 23.6 Å². The molecule has 1 unspecified atom stereocenters. The summed E-state index contributed by atoms with van der Waals surface area (Å²) in [6.45, 7) is 1.76. The third-order valence-electron chi connectivity index (χ3n) is 5.42. The van der Waals surface area contributed by atoms with Crippen LogP contribution in [-0.2, 0) is 12.8 Å². The Kier molecular flexibility index (Phi) is 6.98. The van der Waals surface area contributed by atoms with Gasteiger partial charge in [-0.1, -0.05) is 24.3 Å². The number of benzene rings is 1. The minimum Gasteiger partial charge on any atom is -0.393 e. The van der Waals surface area contributed by atoms with Crippen molar-refractivity contribution in [3.63, 3.8) is 0 Å². The van der Waals surface area contributed by atoms with E-state index in [4.69, 9.17) is 5.73 Å². The third-order valence-corrected chi connectivity index (χ3v) is 5.42. The monoisotopic (exact) mass is 382 g/mol. The van der Waals surface area contributed by atoms with Gasteiger partial charge in [-0.05, 0) is 69.4 Å². The normalized spacial score (nSPS) is 21.1. The van der Waals surface area contributed by atoms with Gasteiger partial charge in [-0.3, -0.25) is 4.79 Å². The Bertz CT molecular complexity index is 784. The van der Waals surface area contributed by atoms with Gasteiger partial charge in [0.25, 0.3) is 5.91 Å². The van der Waals surface area contributed by atoms with Gasteiger partial charge in [0.1, 0.15) is 11.6 Å². The number of aryl methyl sites for hydroxylation is 3. The second kappa shape index (κ2) is 9.64. The van der Waals surface area contributed by atoms with Gasteiger partial charge in [0, 0.05) is 12.2 Å². The van der Waals surface area contributed by atoms with Gasteiger partial charge in [-0.25, -0.2) is 9.97 Å². The highest BCUT2D eigenvalue weighted by Gasteiger charge is 2.22. The second-order valence-electron chi connectivity index (χ2n) is 7.68. The first-order valence-corrected chi connectivity index (χ1v) is 10.2. The van der Waals surface area contributed by atoms with Crippen molar-refractivity contribution in [2.24, 2.45) is 5.73 Å². The number of hydrogen-bond donors (Lipinski definition) is 3. The molecule has 4 rings (SSSR count). The lowest BCUT2D eigenvalue weighted by Gasteiger charge is -2.27. The van der Waals surface area contributed by atoms with Gasteiger partial charge in [-0.15, -0.1) is 0 Å². The Hall–Kier alpha value is -2.47. The van der Waals surface area contributed by atoms with Gasteiger partial charge in [0.15, 0.2) is 0 Å². The largest absolute Gasteiger partial charge is 0.393 e. The minimum absolute atomic E-state index is 0.126. The number of nitrogens with two attached hydrogens (primary N) is 1. The van der Waals surface area contributed by atoms with Crippen LogP contribution in [0.25, 0.3) is 0 Å². The van der Waals surface area contributed by atoms with E-state index in [-0.39, 0.29) is 12.1 Å². The van der Waals surface area contributed by atoms with E-state index < -0.39 is 5.91 Å². The quantitative estimate of drug-likeness (QED) is 0.757. The molecule has 0 spiro atoms. The van der Waals surface area contributed by atoms with Crippen molar-refractivity contribution in [2.75, 3.05) is 5.32 Å². The van der Waals surface area contributed by atoms with Gasteiger partial charge in [0.05, 0.1) is 11.7 Å². The Balaban J connectivity index is 0.000000188. The van der Waals surface area contributed by atoms with Crippen LogP contribution in [-0.4, -0.2) is 33.1 Å². The van der Waals surface area contributed by atoms with Crippen LogP contribution in [0, 0.1) is 6.92 Å². The Labute approximate surface area is 166 Å². The number of anilines is 1. The molecule has 150 valence electrons. The van der Waals surface area contributed by atoms with Crippen LogP contribution in [0.4, 0.5) is 5.82 Å². The zero-order chi connectivity index (χ0) is 19.9. The first-order valence-electron chi connectivity index (χ1n) is 10.2. The summed E-state index contributed by atoms with van der Waals surface area (Å²) in [4.78, 5) is 19.5. The molecular weight excluding hydrogens is 352 g/mol. The van der Waals surface area contributed by atoms with Crippen molar-refractivity contribution < 1.29 is 9.90 Å². The number of aromatic nitrogens is 2. The SMILES string of the molecule is Cc1ncc(C(N)=O)c(NC2CCC[C@H](O)C2)n1.c1ccc2c(c1)CCCC2. The van der Waals surface area contributed by atoms with Gasteiger partial charge >= 0.3 is 0 Å². The second-order valence-corrected chi connectivity index (χ2v) is 7.68. The van der Waals surface area contributed by atoms with Crippen LogP contribution >= 0.6 is 0 Å². The number of nitrogens with zero attached hydrogens (tertiary/aromatic N) is 2. The minimum atomic E-state index is -0.547. The molecule has 28 heavy (non-hydrogen) atoms. The summed E-state index contributed by atoms with van der Waals surface area (Å²) in [5, 5.41) is 12.8. The molecular formula is C22H30N4O2. The predicted molar refractivity (Wildman–Crippen MR) is 110 cm³/mol. The predicted octanol–water partition coefficient (Wildman–Crippen LogP) is 3.16. The topological polar surface area (TPSA) is 101 Å². The van der Waals surface area contributed by atoms with Crippen LogP contribution < -0.4 is 11.1 Å². The summed E-state index contributed by atoms with van der Waals surface area (Å²) in [6, 6.07) is 8.93. The van der Waals surface area contributed by atoms with Crippen molar-refractivity contribution in [2.45, 2.75) is 70.4 Å². The van der Waals surface area contributed by atoms with Crippen LogP contribution in [0.2, 0.25) is 0 Å². The smallest absolute Gasteiger partial charge is 0.254 e. The number of carbonyl (C=O) groups is 1. The number of aliphatic hydroxyl groups excluding tert-OH is 1. The lowest BCUT2D eigenvalue weighted by Crippen LogP contribution is -2.31. The highest BCUT2D eigenvalue weighted by atomic mass is 16.3. The molecule has 0 radical (unpaired) electrons. The molecule has 0 saturated heterocycles. The summed E-state index contributed by atoms with van der Waals surface area (Å²) < 4.78 is 0. The zero-order valence-electron chi connectivity index (χ0n) is 16.5. The van der Waals surface area contributed by atoms with Crippen molar-refractivity contribution in [1.82, 2.24) is 9.97 Å². The number of aliphatic hydroxyl groups is 1. The molecule has 1 amide bonds. The number of rotatable bonds is 3. The maximum atomic E-state index is 11.3. The van der Waals surface area contributed by atoms with E-state index in [1.54, 1.807) is 18.1 Å². The van der Waals surface area contributed by atoms with Gasteiger partial charge < -0.3 is 16.2 Å². The average molecular weight is 383 g/mol. The van der Waals surface area contributed by atoms with E-state index in [1.807, 2.05) is 0 Å². The molecule has 2 atom stereocenters. The number of amides is 1. The van der Waals surface area contributed by atoms with E-state index in [2.05, 4.69) is 39.6 Å². The number of primary amides is 1. The molecule has 1 aromatic heterocycles. The van der Waals surface area contributed by atoms with Gasteiger partial charge in [-0.2, -0.15) is 0 Å². The summed E-state index contributed by atoms with van der Waals surface area (Å²) >= 11 is 0. The van der Waals surface area contributed by atoms with Crippen molar-refractivity contribution in [3.05, 3.63) is 53.0 Å². The lowest BCUT2D eigenvalue weighted by molar-refractivity contribution is 0.100. The number of nitrogens with one attached hydrogen (secondary N) is 1. The number of fused-ring (bicyclic) bond motifs is 1. The van der Waals surface area contributed by atoms with E-state index in [0.717, 1.165) is 19.3 Å². The molecule has 1 fully saturated rings. The highest BCUT2D eigenvalue weighted by molar-refractivity contribution is 5.97. The van der Waals surface area contributed by atoms with Gasteiger partial charge in [0.2, 0.25) is 0 Å². The van der Waals surface area contributed by atoms with E-state index in [1.165, 1.54) is 31.9 Å². The molecule has 1 saturated carbocycles. The van der Waals surface area contributed by atoms with Crippen molar-refractivity contribution in [3.8, 4) is 0 Å². The number of carbonyl (C=O) groups excluding carboxylic acids is 1. The molecule has 2 aromatic rings. The molecule has 2 aliphatic carbocycles. The maximum absolute atomic E-state index is 11.3. The van der Waals surface area contributed by atoms with Crippen molar-refractivity contribution >= 4 is 11.7 Å². The fourth-order valence-corrected chi connectivity index (χ4v) is 3.92. The van der Waals surface area contributed by atoms with Crippen LogP contribution in [0.1, 0.15) is 65.8 Å². The molecule has 1 heterocycles.